The highest BCUT2D eigenvalue weighted by molar-refractivity contribution is 7.17. The Morgan fingerprint density at radius 2 is 1.91 bits per heavy atom. The summed E-state index contributed by atoms with van der Waals surface area (Å²) in [4.78, 5) is 4.55. The SMILES string of the molecule is CCCc1csc2cnc3ccc4cc(O)c(O)cc4c3c12. The molecule has 0 fully saturated rings. The van der Waals surface area contributed by atoms with Gasteiger partial charge in [-0.3, -0.25) is 4.98 Å². The summed E-state index contributed by atoms with van der Waals surface area (Å²) < 4.78 is 1.16. The van der Waals surface area contributed by atoms with Crippen LogP contribution in [0, 0.1) is 0 Å². The van der Waals surface area contributed by atoms with Crippen LogP contribution in [0.2, 0.25) is 0 Å². The maximum atomic E-state index is 9.90. The van der Waals surface area contributed by atoms with E-state index in [1.54, 1.807) is 23.5 Å². The van der Waals surface area contributed by atoms with Gasteiger partial charge in [0.1, 0.15) is 0 Å². The Hall–Kier alpha value is -2.33. The van der Waals surface area contributed by atoms with E-state index in [1.165, 1.54) is 10.9 Å². The predicted molar refractivity (Wildman–Crippen MR) is 92.0 cm³/mol. The molecule has 4 rings (SSSR count). The molecule has 0 unspecified atom stereocenters. The molecule has 3 nitrogen and oxygen atoms in total. The molecule has 110 valence electrons. The van der Waals surface area contributed by atoms with Gasteiger partial charge in [-0.2, -0.15) is 0 Å². The molecule has 0 spiro atoms. The van der Waals surface area contributed by atoms with E-state index >= 15 is 0 Å². The van der Waals surface area contributed by atoms with Gasteiger partial charge in [-0.25, -0.2) is 0 Å². The van der Waals surface area contributed by atoms with Crippen LogP contribution in [-0.4, -0.2) is 15.2 Å². The second kappa shape index (κ2) is 4.85. The zero-order valence-corrected chi connectivity index (χ0v) is 12.9. The fourth-order valence-corrected chi connectivity index (χ4v) is 4.05. The van der Waals surface area contributed by atoms with Crippen LogP contribution >= 0.6 is 11.3 Å². The third-order valence-electron chi connectivity index (χ3n) is 4.08. The van der Waals surface area contributed by atoms with Crippen LogP contribution in [0.1, 0.15) is 18.9 Å². The van der Waals surface area contributed by atoms with E-state index in [0.717, 1.165) is 39.2 Å². The molecule has 0 bridgehead atoms. The lowest BCUT2D eigenvalue weighted by atomic mass is 9.99. The molecule has 0 saturated heterocycles. The van der Waals surface area contributed by atoms with Crippen molar-refractivity contribution in [1.29, 1.82) is 0 Å². The molecule has 2 aromatic carbocycles. The molecular weight excluding hydrogens is 294 g/mol. The van der Waals surface area contributed by atoms with Crippen molar-refractivity contribution in [2.45, 2.75) is 19.8 Å². The molecule has 0 atom stereocenters. The number of hydrogen-bond acceptors (Lipinski definition) is 4. The highest BCUT2D eigenvalue weighted by atomic mass is 32.1. The Morgan fingerprint density at radius 3 is 2.73 bits per heavy atom. The van der Waals surface area contributed by atoms with Gasteiger partial charge in [0, 0.05) is 17.0 Å². The molecule has 2 aromatic heterocycles. The fourth-order valence-electron chi connectivity index (χ4n) is 3.08. The van der Waals surface area contributed by atoms with Gasteiger partial charge in [-0.15, -0.1) is 11.3 Å². The number of nitrogens with zero attached hydrogens (tertiary/aromatic N) is 1. The van der Waals surface area contributed by atoms with Gasteiger partial charge < -0.3 is 10.2 Å². The highest BCUT2D eigenvalue weighted by Crippen LogP contribution is 2.39. The van der Waals surface area contributed by atoms with Gasteiger partial charge in [-0.1, -0.05) is 19.4 Å². The van der Waals surface area contributed by atoms with Gasteiger partial charge in [0.15, 0.2) is 11.5 Å². The van der Waals surface area contributed by atoms with Crippen molar-refractivity contribution in [3.8, 4) is 11.5 Å². The van der Waals surface area contributed by atoms with Crippen LogP contribution in [0.4, 0.5) is 0 Å². The molecule has 0 aliphatic heterocycles. The van der Waals surface area contributed by atoms with Crippen molar-refractivity contribution in [2.75, 3.05) is 0 Å². The number of hydrogen-bond donors (Lipinski definition) is 2. The molecule has 0 amide bonds. The zero-order valence-electron chi connectivity index (χ0n) is 12.1. The summed E-state index contributed by atoms with van der Waals surface area (Å²) in [6.45, 7) is 2.18. The molecule has 4 heteroatoms. The average molecular weight is 309 g/mol. The summed E-state index contributed by atoms with van der Waals surface area (Å²) in [7, 11) is 0. The van der Waals surface area contributed by atoms with Crippen LogP contribution in [0.3, 0.4) is 0 Å². The molecule has 0 radical (unpaired) electrons. The quantitative estimate of drug-likeness (QED) is 0.406. The standard InChI is InChI=1S/C18H15NO2S/c1-2-3-11-9-22-16-8-19-13-5-4-10-6-14(20)15(21)7-12(10)18(13)17(11)16/h4-9,20-21H,2-3H2,1H3. The monoisotopic (exact) mass is 309 g/mol. The number of pyridine rings is 1. The van der Waals surface area contributed by atoms with Crippen LogP contribution in [0.25, 0.3) is 31.8 Å². The number of fused-ring (bicyclic) bond motifs is 5. The lowest BCUT2D eigenvalue weighted by Gasteiger charge is -2.08. The first-order valence-electron chi connectivity index (χ1n) is 7.32. The summed E-state index contributed by atoms with van der Waals surface area (Å²) in [5.74, 6) is -0.185. The van der Waals surface area contributed by atoms with E-state index in [9.17, 15) is 10.2 Å². The minimum atomic E-state index is -0.0933. The van der Waals surface area contributed by atoms with Crippen molar-refractivity contribution in [3.63, 3.8) is 0 Å². The van der Waals surface area contributed by atoms with Gasteiger partial charge in [-0.05, 0) is 46.3 Å². The number of aromatic nitrogens is 1. The number of thiophene rings is 1. The maximum Gasteiger partial charge on any atom is 0.158 e. The Bertz CT molecular complexity index is 1020. The lowest BCUT2D eigenvalue weighted by Crippen LogP contribution is -1.86. The summed E-state index contributed by atoms with van der Waals surface area (Å²) >= 11 is 1.71. The second-order valence-electron chi connectivity index (χ2n) is 5.53. The van der Waals surface area contributed by atoms with Crippen LogP contribution in [0.15, 0.2) is 35.8 Å². The van der Waals surface area contributed by atoms with Crippen molar-refractivity contribution in [3.05, 3.63) is 41.4 Å². The Labute approximate surface area is 131 Å². The first-order valence-corrected chi connectivity index (χ1v) is 8.20. The maximum absolute atomic E-state index is 9.90. The molecule has 2 N–H and O–H groups in total. The highest BCUT2D eigenvalue weighted by Gasteiger charge is 2.13. The molecule has 0 aliphatic rings. The summed E-state index contributed by atoms with van der Waals surface area (Å²) in [5.41, 5.74) is 2.25. The fraction of sp³-hybridized carbons (Fsp3) is 0.167. The van der Waals surface area contributed by atoms with Gasteiger partial charge in [0.25, 0.3) is 0 Å². The molecule has 4 aromatic rings. The van der Waals surface area contributed by atoms with Crippen molar-refractivity contribution >= 4 is 43.1 Å². The summed E-state index contributed by atoms with van der Waals surface area (Å²) in [5, 5.41) is 26.0. The van der Waals surface area contributed by atoms with E-state index in [4.69, 9.17) is 0 Å². The topological polar surface area (TPSA) is 53.4 Å². The lowest BCUT2D eigenvalue weighted by molar-refractivity contribution is 0.405. The number of rotatable bonds is 2. The van der Waals surface area contributed by atoms with E-state index in [-0.39, 0.29) is 11.5 Å². The van der Waals surface area contributed by atoms with Crippen LogP contribution < -0.4 is 0 Å². The second-order valence-corrected chi connectivity index (χ2v) is 6.44. The van der Waals surface area contributed by atoms with Crippen LogP contribution in [-0.2, 0) is 6.42 Å². The minimum absolute atomic E-state index is 0.0916. The van der Waals surface area contributed by atoms with E-state index in [0.29, 0.717) is 0 Å². The van der Waals surface area contributed by atoms with E-state index in [2.05, 4.69) is 17.3 Å². The van der Waals surface area contributed by atoms with E-state index < -0.39 is 0 Å². The zero-order chi connectivity index (χ0) is 15.3. The number of phenolic OH excluding ortho intramolecular Hbond substituents is 2. The summed E-state index contributed by atoms with van der Waals surface area (Å²) in [6.07, 6.45) is 4.04. The van der Waals surface area contributed by atoms with Crippen molar-refractivity contribution in [2.24, 2.45) is 0 Å². The first-order chi connectivity index (χ1) is 10.7. The minimum Gasteiger partial charge on any atom is -0.504 e. The smallest absolute Gasteiger partial charge is 0.158 e. The van der Waals surface area contributed by atoms with Gasteiger partial charge in [0.05, 0.1) is 10.2 Å². The Balaban J connectivity index is 2.24. The summed E-state index contributed by atoms with van der Waals surface area (Å²) in [6, 6.07) is 7.15. The molecular formula is C18H15NO2S. The van der Waals surface area contributed by atoms with Crippen LogP contribution in [0.5, 0.6) is 11.5 Å². The Morgan fingerprint density at radius 1 is 1.09 bits per heavy atom. The van der Waals surface area contributed by atoms with E-state index in [1.807, 2.05) is 18.3 Å². The Kier molecular flexibility index (Phi) is 2.94. The van der Waals surface area contributed by atoms with Gasteiger partial charge >= 0.3 is 0 Å². The number of aromatic hydroxyl groups is 2. The molecule has 0 saturated carbocycles. The number of phenols is 2. The largest absolute Gasteiger partial charge is 0.504 e. The predicted octanol–water partition coefficient (Wildman–Crippen LogP) is 4.97. The van der Waals surface area contributed by atoms with Crippen molar-refractivity contribution < 1.29 is 10.2 Å². The third-order valence-corrected chi connectivity index (χ3v) is 5.04. The molecule has 2 heterocycles. The van der Waals surface area contributed by atoms with Crippen molar-refractivity contribution in [1.82, 2.24) is 4.98 Å². The molecule has 22 heavy (non-hydrogen) atoms. The number of aryl methyl sites for hydroxylation is 1. The first kappa shape index (κ1) is 13.3. The normalized spacial score (nSPS) is 11.7. The van der Waals surface area contributed by atoms with Gasteiger partial charge in [0.2, 0.25) is 0 Å². The number of benzene rings is 2. The third kappa shape index (κ3) is 1.84. The average Bonchev–Trinajstić information content (AvgIpc) is 2.92. The molecule has 0 aliphatic carbocycles.